The Bertz CT molecular complexity index is 255. The van der Waals surface area contributed by atoms with Crippen molar-refractivity contribution in [2.75, 3.05) is 13.2 Å². The monoisotopic (exact) mass is 293 g/mol. The molecule has 0 aromatic rings. The molecule has 0 aliphatic carbocycles. The Morgan fingerprint density at radius 1 is 0.762 bits per heavy atom. The molecule has 0 bridgehead atoms. The molecule has 0 aromatic carbocycles. The van der Waals surface area contributed by atoms with Crippen LogP contribution >= 0.6 is 0 Å². The zero-order valence-electron chi connectivity index (χ0n) is 14.1. The summed E-state index contributed by atoms with van der Waals surface area (Å²) in [6.07, 6.45) is 21.0. The van der Waals surface area contributed by atoms with Crippen molar-refractivity contribution in [2.24, 2.45) is 0 Å². The molecule has 0 heterocycles. The minimum absolute atomic E-state index is 0.521. The van der Waals surface area contributed by atoms with Gasteiger partial charge in [-0.3, -0.25) is 0 Å². The third-order valence-electron chi connectivity index (χ3n) is 3.66. The molecular formula is C19H35NO. The molecule has 0 saturated heterocycles. The van der Waals surface area contributed by atoms with Crippen LogP contribution in [0.25, 0.3) is 0 Å². The van der Waals surface area contributed by atoms with Gasteiger partial charge in [0, 0.05) is 6.61 Å². The van der Waals surface area contributed by atoms with Gasteiger partial charge < -0.3 is 4.74 Å². The van der Waals surface area contributed by atoms with E-state index in [2.05, 4.69) is 25.1 Å². The third kappa shape index (κ3) is 19.2. The van der Waals surface area contributed by atoms with Crippen LogP contribution in [0.15, 0.2) is 12.2 Å². The topological polar surface area (TPSA) is 33.0 Å². The van der Waals surface area contributed by atoms with E-state index in [0.29, 0.717) is 13.0 Å². The van der Waals surface area contributed by atoms with Gasteiger partial charge in [0.1, 0.15) is 0 Å². The summed E-state index contributed by atoms with van der Waals surface area (Å²) >= 11 is 0. The van der Waals surface area contributed by atoms with Crippen LogP contribution in [0.1, 0.15) is 90.4 Å². The number of nitriles is 1. The number of unbranched alkanes of at least 4 members (excludes halogenated alkanes) is 10. The van der Waals surface area contributed by atoms with E-state index >= 15 is 0 Å². The van der Waals surface area contributed by atoms with Crippen molar-refractivity contribution in [1.29, 1.82) is 5.26 Å². The first-order valence-electron chi connectivity index (χ1n) is 9.01. The maximum absolute atomic E-state index is 8.36. The van der Waals surface area contributed by atoms with Gasteiger partial charge in [-0.15, -0.1) is 0 Å². The highest BCUT2D eigenvalue weighted by Gasteiger charge is 1.92. The Kier molecular flexibility index (Phi) is 18.4. The van der Waals surface area contributed by atoms with Gasteiger partial charge in [0.05, 0.1) is 19.1 Å². The van der Waals surface area contributed by atoms with Crippen molar-refractivity contribution in [1.82, 2.24) is 0 Å². The van der Waals surface area contributed by atoms with Crippen molar-refractivity contribution in [2.45, 2.75) is 90.4 Å². The summed E-state index contributed by atoms with van der Waals surface area (Å²) in [7, 11) is 0. The van der Waals surface area contributed by atoms with E-state index in [4.69, 9.17) is 10.00 Å². The van der Waals surface area contributed by atoms with Crippen molar-refractivity contribution in [3.05, 3.63) is 12.2 Å². The Morgan fingerprint density at radius 2 is 1.33 bits per heavy atom. The quantitative estimate of drug-likeness (QED) is 0.252. The second kappa shape index (κ2) is 19.2. The first-order chi connectivity index (χ1) is 10.4. The number of hydrogen-bond acceptors (Lipinski definition) is 2. The van der Waals surface area contributed by atoms with E-state index in [1.807, 2.05) is 0 Å². The number of ether oxygens (including phenoxy) is 1. The summed E-state index contributed by atoms with van der Waals surface area (Å²) in [6, 6.07) is 2.09. The molecule has 0 saturated carbocycles. The zero-order valence-corrected chi connectivity index (χ0v) is 14.1. The normalized spacial score (nSPS) is 11.0. The van der Waals surface area contributed by atoms with Gasteiger partial charge >= 0.3 is 0 Å². The van der Waals surface area contributed by atoms with Crippen LogP contribution in [0.5, 0.6) is 0 Å². The standard InChI is InChI=1S/C19H35NO/c1-2-3-4-5-6-7-8-9-10-11-12-13-14-15-18-21-19-16-17-20/h6-7H,2-5,8-16,18-19H2,1H3/b7-6+. The van der Waals surface area contributed by atoms with E-state index in [1.165, 1.54) is 70.6 Å². The number of hydrogen-bond donors (Lipinski definition) is 0. The Balaban J connectivity index is 3.01. The number of allylic oxidation sites excluding steroid dienone is 2. The minimum atomic E-state index is 0.521. The molecule has 122 valence electrons. The van der Waals surface area contributed by atoms with Crippen LogP contribution in [-0.2, 0) is 4.74 Å². The second-order valence-electron chi connectivity index (χ2n) is 5.75. The molecule has 0 rings (SSSR count). The lowest BCUT2D eigenvalue weighted by Gasteiger charge is -2.02. The van der Waals surface area contributed by atoms with Gasteiger partial charge in [-0.2, -0.15) is 5.26 Å². The lowest BCUT2D eigenvalue weighted by molar-refractivity contribution is 0.135. The van der Waals surface area contributed by atoms with Crippen LogP contribution in [0.4, 0.5) is 0 Å². The molecule has 0 unspecified atom stereocenters. The molecule has 0 aliphatic heterocycles. The molecule has 0 aromatic heterocycles. The third-order valence-corrected chi connectivity index (χ3v) is 3.66. The van der Waals surface area contributed by atoms with Crippen LogP contribution in [-0.4, -0.2) is 13.2 Å². The summed E-state index contributed by atoms with van der Waals surface area (Å²) in [5.74, 6) is 0. The smallest absolute Gasteiger partial charge is 0.0645 e. The maximum Gasteiger partial charge on any atom is 0.0645 e. The van der Waals surface area contributed by atoms with Crippen LogP contribution < -0.4 is 0 Å². The lowest BCUT2D eigenvalue weighted by Crippen LogP contribution is -1.95. The molecule has 2 nitrogen and oxygen atoms in total. The maximum atomic E-state index is 8.36. The highest BCUT2D eigenvalue weighted by atomic mass is 16.5. The fourth-order valence-electron chi connectivity index (χ4n) is 2.32. The van der Waals surface area contributed by atoms with Crippen molar-refractivity contribution >= 4 is 0 Å². The first-order valence-corrected chi connectivity index (χ1v) is 9.01. The fraction of sp³-hybridized carbons (Fsp3) is 0.842. The predicted octanol–water partition coefficient (Wildman–Crippen LogP) is 6.17. The van der Waals surface area contributed by atoms with E-state index in [0.717, 1.165) is 13.0 Å². The van der Waals surface area contributed by atoms with E-state index in [9.17, 15) is 0 Å². The SMILES string of the molecule is CCCCC/C=C/CCCCCCCCCOCCC#N. The van der Waals surface area contributed by atoms with Crippen LogP contribution in [0, 0.1) is 11.3 Å². The summed E-state index contributed by atoms with van der Waals surface area (Å²) in [4.78, 5) is 0. The predicted molar refractivity (Wildman–Crippen MR) is 91.3 cm³/mol. The molecule has 0 atom stereocenters. The molecule has 0 spiro atoms. The fourth-order valence-corrected chi connectivity index (χ4v) is 2.32. The Hall–Kier alpha value is -0.810. The van der Waals surface area contributed by atoms with Crippen molar-refractivity contribution in [3.63, 3.8) is 0 Å². The van der Waals surface area contributed by atoms with Gasteiger partial charge in [-0.05, 0) is 32.1 Å². The van der Waals surface area contributed by atoms with Crippen LogP contribution in [0.2, 0.25) is 0 Å². The number of nitrogens with zero attached hydrogens (tertiary/aromatic N) is 1. The van der Waals surface area contributed by atoms with Gasteiger partial charge in [-0.1, -0.05) is 64.0 Å². The van der Waals surface area contributed by atoms with Gasteiger partial charge in [0.2, 0.25) is 0 Å². The lowest BCUT2D eigenvalue weighted by atomic mass is 10.1. The number of rotatable bonds is 16. The Labute approximate surface area is 132 Å². The average Bonchev–Trinajstić information content (AvgIpc) is 2.50. The van der Waals surface area contributed by atoms with Gasteiger partial charge in [-0.25, -0.2) is 0 Å². The first kappa shape index (κ1) is 20.2. The van der Waals surface area contributed by atoms with Crippen molar-refractivity contribution < 1.29 is 4.74 Å². The van der Waals surface area contributed by atoms with Gasteiger partial charge in [0.15, 0.2) is 0 Å². The van der Waals surface area contributed by atoms with Crippen molar-refractivity contribution in [3.8, 4) is 6.07 Å². The molecule has 21 heavy (non-hydrogen) atoms. The zero-order chi connectivity index (χ0) is 15.4. The molecular weight excluding hydrogens is 258 g/mol. The molecule has 2 heteroatoms. The summed E-state index contributed by atoms with van der Waals surface area (Å²) < 4.78 is 5.35. The molecule has 0 radical (unpaired) electrons. The van der Waals surface area contributed by atoms with E-state index < -0.39 is 0 Å². The molecule has 0 aliphatic rings. The van der Waals surface area contributed by atoms with E-state index in [-0.39, 0.29) is 0 Å². The van der Waals surface area contributed by atoms with Crippen LogP contribution in [0.3, 0.4) is 0 Å². The molecule has 0 N–H and O–H groups in total. The Morgan fingerprint density at radius 3 is 1.95 bits per heavy atom. The van der Waals surface area contributed by atoms with Gasteiger partial charge in [0.25, 0.3) is 0 Å². The summed E-state index contributed by atoms with van der Waals surface area (Å²) in [6.45, 7) is 3.68. The molecule has 0 amide bonds. The second-order valence-corrected chi connectivity index (χ2v) is 5.75. The minimum Gasteiger partial charge on any atom is -0.380 e. The summed E-state index contributed by atoms with van der Waals surface area (Å²) in [5.41, 5.74) is 0. The molecule has 0 fully saturated rings. The van der Waals surface area contributed by atoms with E-state index in [1.54, 1.807) is 0 Å². The largest absolute Gasteiger partial charge is 0.380 e. The average molecular weight is 293 g/mol. The summed E-state index contributed by atoms with van der Waals surface area (Å²) in [5, 5.41) is 8.36. The highest BCUT2D eigenvalue weighted by Crippen LogP contribution is 2.09. The highest BCUT2D eigenvalue weighted by molar-refractivity contribution is 4.81.